The Morgan fingerprint density at radius 1 is 1.28 bits per heavy atom. The lowest BCUT2D eigenvalue weighted by molar-refractivity contribution is -0.133. The predicted octanol–water partition coefficient (Wildman–Crippen LogP) is 2.56. The summed E-state index contributed by atoms with van der Waals surface area (Å²) < 4.78 is 12.6. The van der Waals surface area contributed by atoms with E-state index in [1.54, 1.807) is 24.0 Å². The van der Waals surface area contributed by atoms with Crippen LogP contribution in [0, 0.1) is 13.8 Å². The molecule has 25 heavy (non-hydrogen) atoms. The van der Waals surface area contributed by atoms with E-state index in [4.69, 9.17) is 9.47 Å². The molecule has 138 valence electrons. The summed E-state index contributed by atoms with van der Waals surface area (Å²) in [6.07, 6.45) is 3.29. The van der Waals surface area contributed by atoms with Crippen LogP contribution in [0.25, 0.3) is 6.08 Å². The second kappa shape index (κ2) is 8.34. The summed E-state index contributed by atoms with van der Waals surface area (Å²) in [5, 5.41) is 0. The summed E-state index contributed by atoms with van der Waals surface area (Å²) in [7, 11) is 0. The molecule has 6 heteroatoms. The van der Waals surface area contributed by atoms with Crippen molar-refractivity contribution in [1.82, 2.24) is 9.47 Å². The molecule has 1 aromatic heterocycles. The normalized spacial score (nSPS) is 18.0. The van der Waals surface area contributed by atoms with E-state index in [2.05, 4.69) is 4.57 Å². The first kappa shape index (κ1) is 19.2. The third kappa shape index (κ3) is 3.95. The van der Waals surface area contributed by atoms with Crippen LogP contribution in [0.2, 0.25) is 0 Å². The fourth-order valence-corrected chi connectivity index (χ4v) is 3.35. The van der Waals surface area contributed by atoms with Crippen molar-refractivity contribution in [2.45, 2.75) is 47.2 Å². The monoisotopic (exact) mass is 348 g/mol. The van der Waals surface area contributed by atoms with Gasteiger partial charge >= 0.3 is 5.97 Å². The molecule has 0 spiro atoms. The maximum atomic E-state index is 12.5. The van der Waals surface area contributed by atoms with Gasteiger partial charge < -0.3 is 18.9 Å². The van der Waals surface area contributed by atoms with Crippen molar-refractivity contribution in [3.05, 3.63) is 28.6 Å². The Hall–Kier alpha value is -2.08. The van der Waals surface area contributed by atoms with Crippen molar-refractivity contribution in [3.8, 4) is 0 Å². The van der Waals surface area contributed by atoms with Crippen LogP contribution in [0.5, 0.6) is 0 Å². The number of carbonyl (C=O) groups excluding carboxylic acids is 2. The highest BCUT2D eigenvalue weighted by Gasteiger charge is 2.24. The minimum absolute atomic E-state index is 0.0542. The number of hydrogen-bond donors (Lipinski definition) is 0. The van der Waals surface area contributed by atoms with Gasteiger partial charge in [-0.25, -0.2) is 4.79 Å². The second-order valence-electron chi connectivity index (χ2n) is 6.21. The maximum absolute atomic E-state index is 12.5. The first-order valence-corrected chi connectivity index (χ1v) is 8.85. The van der Waals surface area contributed by atoms with E-state index in [9.17, 15) is 9.59 Å². The summed E-state index contributed by atoms with van der Waals surface area (Å²) >= 11 is 0. The van der Waals surface area contributed by atoms with Gasteiger partial charge in [-0.1, -0.05) is 0 Å². The number of carbonyl (C=O) groups is 2. The molecule has 0 unspecified atom stereocenters. The van der Waals surface area contributed by atoms with Gasteiger partial charge in [0.1, 0.15) is 0 Å². The zero-order valence-corrected chi connectivity index (χ0v) is 15.8. The molecule has 0 bridgehead atoms. The molecule has 1 aliphatic heterocycles. The van der Waals surface area contributed by atoms with Gasteiger partial charge in [-0.2, -0.15) is 0 Å². The minimum atomic E-state index is -0.345. The number of morpholine rings is 1. The first-order valence-electron chi connectivity index (χ1n) is 8.85. The summed E-state index contributed by atoms with van der Waals surface area (Å²) in [6.45, 7) is 12.4. The van der Waals surface area contributed by atoms with Crippen LogP contribution in [0.15, 0.2) is 6.08 Å². The number of ether oxygens (including phenoxy) is 2. The highest BCUT2D eigenvalue weighted by molar-refractivity contribution is 5.99. The molecule has 1 saturated heterocycles. The van der Waals surface area contributed by atoms with Crippen LogP contribution in [-0.2, 0) is 20.8 Å². The molecular formula is C19H28N2O4. The Labute approximate surface area is 149 Å². The van der Waals surface area contributed by atoms with Crippen molar-refractivity contribution in [2.75, 3.05) is 26.4 Å². The largest absolute Gasteiger partial charge is 0.462 e. The summed E-state index contributed by atoms with van der Waals surface area (Å²) in [5.74, 6) is -0.408. The Bertz CT molecular complexity index is 675. The van der Waals surface area contributed by atoms with E-state index >= 15 is 0 Å². The molecular weight excluding hydrogens is 320 g/mol. The highest BCUT2D eigenvalue weighted by Crippen LogP contribution is 2.25. The zero-order valence-electron chi connectivity index (χ0n) is 15.8. The molecule has 0 N–H and O–H groups in total. The molecule has 6 nitrogen and oxygen atoms in total. The summed E-state index contributed by atoms with van der Waals surface area (Å²) in [6, 6.07) is 0.0542. The van der Waals surface area contributed by atoms with Gasteiger partial charge in [0.25, 0.3) is 0 Å². The molecule has 1 atom stereocenters. The van der Waals surface area contributed by atoms with Gasteiger partial charge in [0.2, 0.25) is 5.91 Å². The van der Waals surface area contributed by atoms with E-state index in [0.29, 0.717) is 31.9 Å². The topological polar surface area (TPSA) is 60.8 Å². The molecule has 2 rings (SSSR count). The fraction of sp³-hybridized carbons (Fsp3) is 0.579. The molecule has 1 aromatic rings. The molecule has 0 saturated carbocycles. The maximum Gasteiger partial charge on any atom is 0.340 e. The molecule has 0 aliphatic carbocycles. The van der Waals surface area contributed by atoms with E-state index in [-0.39, 0.29) is 17.9 Å². The standard InChI is InChI=1S/C19H28N2O4/c1-6-20-14(4)16(18(15(20)5)19(23)25-7-2)8-9-17(22)21-10-11-24-12-13(21)3/h8-9,13H,6-7,10-12H2,1-5H3/b9-8-/t13-/m1/s1. The number of hydrogen-bond acceptors (Lipinski definition) is 4. The van der Waals surface area contributed by atoms with Crippen molar-refractivity contribution in [1.29, 1.82) is 0 Å². The van der Waals surface area contributed by atoms with E-state index in [1.165, 1.54) is 0 Å². The quantitative estimate of drug-likeness (QED) is 0.606. The third-order valence-electron chi connectivity index (χ3n) is 4.67. The van der Waals surface area contributed by atoms with Crippen molar-refractivity contribution < 1.29 is 19.1 Å². The van der Waals surface area contributed by atoms with E-state index in [1.807, 2.05) is 27.7 Å². The molecule has 1 aliphatic rings. The van der Waals surface area contributed by atoms with Gasteiger partial charge in [-0.15, -0.1) is 0 Å². The van der Waals surface area contributed by atoms with Crippen LogP contribution >= 0.6 is 0 Å². The smallest absolute Gasteiger partial charge is 0.340 e. The zero-order chi connectivity index (χ0) is 18.6. The van der Waals surface area contributed by atoms with Crippen LogP contribution < -0.4 is 0 Å². The lowest BCUT2D eigenvalue weighted by atomic mass is 10.1. The summed E-state index contributed by atoms with van der Waals surface area (Å²) in [5.41, 5.74) is 3.12. The van der Waals surface area contributed by atoms with Gasteiger partial charge in [0.15, 0.2) is 0 Å². The molecule has 2 heterocycles. The molecule has 1 fully saturated rings. The average Bonchev–Trinajstić information content (AvgIpc) is 2.83. The SMILES string of the molecule is CCOC(=O)c1c(/C=C\C(=O)N2CCOC[C@H]2C)c(C)n(CC)c1C. The number of rotatable bonds is 5. The first-order chi connectivity index (χ1) is 11.9. The van der Waals surface area contributed by atoms with Gasteiger partial charge in [-0.3, -0.25) is 4.79 Å². The Morgan fingerprint density at radius 2 is 2.00 bits per heavy atom. The van der Waals surface area contributed by atoms with Gasteiger partial charge in [0.05, 0.1) is 31.4 Å². The lowest BCUT2D eigenvalue weighted by Gasteiger charge is -2.32. The Morgan fingerprint density at radius 3 is 2.60 bits per heavy atom. The number of aromatic nitrogens is 1. The highest BCUT2D eigenvalue weighted by atomic mass is 16.5. The van der Waals surface area contributed by atoms with Crippen LogP contribution in [0.3, 0.4) is 0 Å². The third-order valence-corrected chi connectivity index (χ3v) is 4.67. The molecule has 0 aromatic carbocycles. The van der Waals surface area contributed by atoms with Crippen LogP contribution in [0.4, 0.5) is 0 Å². The lowest BCUT2D eigenvalue weighted by Crippen LogP contribution is -2.46. The van der Waals surface area contributed by atoms with Crippen LogP contribution in [0.1, 0.15) is 48.1 Å². The summed E-state index contributed by atoms with van der Waals surface area (Å²) in [4.78, 5) is 26.7. The second-order valence-corrected chi connectivity index (χ2v) is 6.21. The van der Waals surface area contributed by atoms with Gasteiger partial charge in [0, 0.05) is 36.1 Å². The van der Waals surface area contributed by atoms with Crippen molar-refractivity contribution in [2.24, 2.45) is 0 Å². The van der Waals surface area contributed by atoms with Crippen molar-refractivity contribution in [3.63, 3.8) is 0 Å². The van der Waals surface area contributed by atoms with E-state index in [0.717, 1.165) is 23.5 Å². The molecule has 1 amide bonds. The Kier molecular flexibility index (Phi) is 6.42. The van der Waals surface area contributed by atoms with Crippen molar-refractivity contribution >= 4 is 18.0 Å². The molecule has 0 radical (unpaired) electrons. The fourth-order valence-electron chi connectivity index (χ4n) is 3.35. The average molecular weight is 348 g/mol. The Balaban J connectivity index is 2.34. The van der Waals surface area contributed by atoms with E-state index < -0.39 is 0 Å². The number of esters is 1. The number of nitrogens with zero attached hydrogens (tertiary/aromatic N) is 2. The predicted molar refractivity (Wildman–Crippen MR) is 96.6 cm³/mol. The minimum Gasteiger partial charge on any atom is -0.462 e. The van der Waals surface area contributed by atoms with Crippen LogP contribution in [-0.4, -0.2) is 53.8 Å². The number of amides is 1. The van der Waals surface area contributed by atoms with Gasteiger partial charge in [-0.05, 0) is 40.7 Å².